The van der Waals surface area contributed by atoms with Crippen molar-refractivity contribution < 1.29 is 15.0 Å². The normalized spacial score (nSPS) is 15.6. The molecular weight excluding hydrogens is 264 g/mol. The molecular formula is C18H28O3. The predicted octanol–water partition coefficient (Wildman–Crippen LogP) is 4.47. The molecule has 1 atom stereocenters. The molecule has 0 bridgehead atoms. The molecule has 0 saturated carbocycles. The van der Waals surface area contributed by atoms with Crippen LogP contribution in [0.2, 0.25) is 0 Å². The summed E-state index contributed by atoms with van der Waals surface area (Å²) in [5.41, 5.74) is 0.217. The molecule has 0 aromatic heterocycles. The molecule has 1 rings (SSSR count). The Morgan fingerprint density at radius 1 is 1.05 bits per heavy atom. The lowest BCUT2D eigenvalue weighted by Gasteiger charge is -2.33. The van der Waals surface area contributed by atoms with Crippen LogP contribution in [0.25, 0.3) is 0 Å². The lowest BCUT2D eigenvalue weighted by molar-refractivity contribution is -0.144. The highest BCUT2D eigenvalue weighted by molar-refractivity contribution is 5.81. The van der Waals surface area contributed by atoms with E-state index in [1.165, 1.54) is 0 Å². The summed E-state index contributed by atoms with van der Waals surface area (Å²) in [5, 5.41) is 19.8. The third-order valence-corrected chi connectivity index (χ3v) is 3.80. The molecule has 0 fully saturated rings. The van der Waals surface area contributed by atoms with Crippen molar-refractivity contribution >= 4 is 5.97 Å². The highest BCUT2D eigenvalue weighted by atomic mass is 16.4. The molecule has 0 aliphatic carbocycles. The molecule has 3 heteroatoms. The maximum atomic E-state index is 11.9. The standard InChI is InChI=1S/C18H28O3/c1-16(2,3)11-18(7,15(20)21)12-8-9-14(19)13(10-12)17(4,5)6/h8-10,19H,11H2,1-7H3,(H,20,21). The zero-order valence-electron chi connectivity index (χ0n) is 14.2. The zero-order chi connectivity index (χ0) is 16.6. The summed E-state index contributed by atoms with van der Waals surface area (Å²) in [6.45, 7) is 13.9. The third kappa shape index (κ3) is 3.99. The van der Waals surface area contributed by atoms with Crippen LogP contribution in [0.3, 0.4) is 0 Å². The SMILES string of the molecule is CC(C)(C)CC(C)(C(=O)O)c1ccc(O)c(C(C)(C)C)c1. The van der Waals surface area contributed by atoms with Gasteiger partial charge in [0.15, 0.2) is 0 Å². The minimum absolute atomic E-state index is 0.104. The van der Waals surface area contributed by atoms with Crippen LogP contribution in [0.5, 0.6) is 5.75 Å². The molecule has 0 amide bonds. The number of hydrogen-bond donors (Lipinski definition) is 2. The van der Waals surface area contributed by atoms with Gasteiger partial charge in [-0.3, -0.25) is 4.79 Å². The molecule has 21 heavy (non-hydrogen) atoms. The first kappa shape index (κ1) is 17.5. The maximum absolute atomic E-state index is 11.9. The van der Waals surface area contributed by atoms with Crippen LogP contribution < -0.4 is 0 Å². The van der Waals surface area contributed by atoms with E-state index < -0.39 is 11.4 Å². The summed E-state index contributed by atoms with van der Waals surface area (Å²) < 4.78 is 0. The number of hydrogen-bond acceptors (Lipinski definition) is 2. The minimum Gasteiger partial charge on any atom is -0.508 e. The van der Waals surface area contributed by atoms with Crippen LogP contribution >= 0.6 is 0 Å². The van der Waals surface area contributed by atoms with E-state index in [1.54, 1.807) is 19.1 Å². The predicted molar refractivity (Wildman–Crippen MR) is 85.9 cm³/mol. The lowest BCUT2D eigenvalue weighted by Crippen LogP contribution is -2.36. The molecule has 1 aromatic rings. The summed E-state index contributed by atoms with van der Waals surface area (Å²) in [4.78, 5) is 11.9. The van der Waals surface area contributed by atoms with E-state index in [-0.39, 0.29) is 16.6 Å². The fourth-order valence-corrected chi connectivity index (χ4v) is 2.84. The first-order valence-corrected chi connectivity index (χ1v) is 7.35. The van der Waals surface area contributed by atoms with Gasteiger partial charge < -0.3 is 10.2 Å². The molecule has 0 radical (unpaired) electrons. The number of carbonyl (C=O) groups is 1. The average Bonchev–Trinajstić information content (AvgIpc) is 2.25. The number of phenols is 1. The number of benzene rings is 1. The maximum Gasteiger partial charge on any atom is 0.313 e. The average molecular weight is 292 g/mol. The van der Waals surface area contributed by atoms with Crippen LogP contribution in [0.4, 0.5) is 0 Å². The third-order valence-electron chi connectivity index (χ3n) is 3.80. The molecule has 1 unspecified atom stereocenters. The van der Waals surface area contributed by atoms with Gasteiger partial charge >= 0.3 is 5.97 Å². The lowest BCUT2D eigenvalue weighted by atomic mass is 9.70. The van der Waals surface area contributed by atoms with Crippen molar-refractivity contribution in [3.8, 4) is 5.75 Å². The zero-order valence-corrected chi connectivity index (χ0v) is 14.2. The molecule has 1 aromatic carbocycles. The number of carboxylic acid groups (broad SMARTS) is 1. The number of rotatable bonds is 3. The fourth-order valence-electron chi connectivity index (χ4n) is 2.84. The monoisotopic (exact) mass is 292 g/mol. The minimum atomic E-state index is -0.966. The summed E-state index contributed by atoms with van der Waals surface area (Å²) >= 11 is 0. The second-order valence-corrected chi connectivity index (χ2v) is 8.36. The van der Waals surface area contributed by atoms with Crippen LogP contribution in [0.1, 0.15) is 66.0 Å². The van der Waals surface area contributed by atoms with Gasteiger partial charge in [0.1, 0.15) is 5.75 Å². The number of aromatic hydroxyl groups is 1. The van der Waals surface area contributed by atoms with E-state index in [2.05, 4.69) is 0 Å². The van der Waals surface area contributed by atoms with Gasteiger partial charge in [-0.1, -0.05) is 53.7 Å². The Morgan fingerprint density at radius 3 is 1.95 bits per heavy atom. The smallest absolute Gasteiger partial charge is 0.313 e. The molecule has 0 heterocycles. The first-order valence-electron chi connectivity index (χ1n) is 7.35. The molecule has 0 aliphatic rings. The highest BCUT2D eigenvalue weighted by Gasteiger charge is 2.39. The van der Waals surface area contributed by atoms with E-state index in [9.17, 15) is 15.0 Å². The molecule has 0 spiro atoms. The van der Waals surface area contributed by atoms with Gasteiger partial charge in [-0.15, -0.1) is 0 Å². The molecule has 0 saturated heterocycles. The van der Waals surface area contributed by atoms with Crippen molar-refractivity contribution in [2.45, 2.75) is 65.7 Å². The van der Waals surface area contributed by atoms with E-state index in [0.717, 1.165) is 11.1 Å². The van der Waals surface area contributed by atoms with Gasteiger partial charge in [0.2, 0.25) is 0 Å². The number of phenolic OH excluding ortho intramolecular Hbond substituents is 1. The van der Waals surface area contributed by atoms with Gasteiger partial charge in [-0.2, -0.15) is 0 Å². The molecule has 0 aliphatic heterocycles. The van der Waals surface area contributed by atoms with Crippen molar-refractivity contribution in [1.82, 2.24) is 0 Å². The van der Waals surface area contributed by atoms with E-state index in [0.29, 0.717) is 6.42 Å². The Balaban J connectivity index is 3.44. The Bertz CT molecular complexity index is 532. The molecule has 118 valence electrons. The van der Waals surface area contributed by atoms with Crippen molar-refractivity contribution in [1.29, 1.82) is 0 Å². The summed E-state index contributed by atoms with van der Waals surface area (Å²) in [7, 11) is 0. The quantitative estimate of drug-likeness (QED) is 0.864. The van der Waals surface area contributed by atoms with Gasteiger partial charge in [-0.05, 0) is 41.4 Å². The first-order chi connectivity index (χ1) is 9.27. The molecule has 3 nitrogen and oxygen atoms in total. The van der Waals surface area contributed by atoms with Gasteiger partial charge in [0.25, 0.3) is 0 Å². The van der Waals surface area contributed by atoms with Gasteiger partial charge in [-0.25, -0.2) is 0 Å². The van der Waals surface area contributed by atoms with Crippen molar-refractivity contribution in [3.63, 3.8) is 0 Å². The van der Waals surface area contributed by atoms with Crippen LogP contribution in [-0.4, -0.2) is 16.2 Å². The van der Waals surface area contributed by atoms with Crippen LogP contribution in [0.15, 0.2) is 18.2 Å². The summed E-state index contributed by atoms with van der Waals surface area (Å²) in [6.07, 6.45) is 0.531. The summed E-state index contributed by atoms with van der Waals surface area (Å²) in [5.74, 6) is -0.613. The Hall–Kier alpha value is -1.51. The van der Waals surface area contributed by atoms with Gasteiger partial charge in [0.05, 0.1) is 5.41 Å². The fraction of sp³-hybridized carbons (Fsp3) is 0.611. The Labute approximate surface area is 128 Å². The van der Waals surface area contributed by atoms with Crippen molar-refractivity contribution in [2.24, 2.45) is 5.41 Å². The Morgan fingerprint density at radius 2 is 1.57 bits per heavy atom. The van der Waals surface area contributed by atoms with E-state index in [1.807, 2.05) is 47.6 Å². The topological polar surface area (TPSA) is 57.5 Å². The van der Waals surface area contributed by atoms with Crippen LogP contribution in [-0.2, 0) is 15.6 Å². The van der Waals surface area contributed by atoms with Crippen molar-refractivity contribution in [3.05, 3.63) is 29.3 Å². The van der Waals surface area contributed by atoms with E-state index >= 15 is 0 Å². The number of carboxylic acids is 1. The number of aliphatic carboxylic acids is 1. The highest BCUT2D eigenvalue weighted by Crippen LogP contribution is 2.40. The Kier molecular flexibility index (Phi) is 4.48. The second kappa shape index (κ2) is 5.36. The molecule has 2 N–H and O–H groups in total. The second-order valence-electron chi connectivity index (χ2n) is 8.36. The summed E-state index contributed by atoms with van der Waals surface area (Å²) in [6, 6.07) is 5.18. The largest absolute Gasteiger partial charge is 0.508 e. The van der Waals surface area contributed by atoms with Crippen molar-refractivity contribution in [2.75, 3.05) is 0 Å². The van der Waals surface area contributed by atoms with Crippen LogP contribution in [0, 0.1) is 5.41 Å². The van der Waals surface area contributed by atoms with Gasteiger partial charge in [0, 0.05) is 0 Å². The van der Waals surface area contributed by atoms with E-state index in [4.69, 9.17) is 0 Å².